The van der Waals surface area contributed by atoms with Crippen LogP contribution in [0.4, 0.5) is 0 Å². The summed E-state index contributed by atoms with van der Waals surface area (Å²) in [5.41, 5.74) is 0.709. The van der Waals surface area contributed by atoms with Gasteiger partial charge in [-0.2, -0.15) is 0 Å². The van der Waals surface area contributed by atoms with Crippen molar-refractivity contribution in [3.63, 3.8) is 0 Å². The van der Waals surface area contributed by atoms with E-state index in [0.29, 0.717) is 12.2 Å². The minimum atomic E-state index is -0.999. The molecule has 1 aromatic carbocycles. The normalized spacial score (nSPS) is 10.6. The number of ether oxygens (including phenoxy) is 1. The van der Waals surface area contributed by atoms with Crippen LogP contribution in [0.5, 0.6) is 5.75 Å². The summed E-state index contributed by atoms with van der Waals surface area (Å²) in [5, 5.41) is 17.7. The van der Waals surface area contributed by atoms with Crippen molar-refractivity contribution in [2.24, 2.45) is 0 Å². The lowest BCUT2D eigenvalue weighted by molar-refractivity contribution is -0.139. The Kier molecular flexibility index (Phi) is 7.29. The van der Waals surface area contributed by atoms with Gasteiger partial charge in [-0.25, -0.2) is 0 Å². The molecule has 0 unspecified atom stereocenters. The molecule has 21 heavy (non-hydrogen) atoms. The van der Waals surface area contributed by atoms with Crippen LogP contribution in [0.1, 0.15) is 50.5 Å². The molecule has 5 heteroatoms. The van der Waals surface area contributed by atoms with E-state index in [9.17, 15) is 9.59 Å². The van der Waals surface area contributed by atoms with E-state index in [0.717, 1.165) is 25.0 Å². The maximum atomic E-state index is 10.8. The molecule has 0 aliphatic carbocycles. The molecule has 0 fully saturated rings. The minimum absolute atomic E-state index is 0.191. The highest BCUT2D eigenvalue weighted by Crippen LogP contribution is 2.25. The molecule has 1 rings (SSSR count). The van der Waals surface area contributed by atoms with Crippen molar-refractivity contribution in [1.82, 2.24) is 0 Å². The van der Waals surface area contributed by atoms with E-state index in [1.54, 1.807) is 24.3 Å². The van der Waals surface area contributed by atoms with E-state index >= 15 is 0 Å². The van der Waals surface area contributed by atoms with Gasteiger partial charge in [0.25, 0.3) is 0 Å². The van der Waals surface area contributed by atoms with Crippen LogP contribution in [0.25, 0.3) is 0 Å². The first kappa shape index (κ1) is 17.0. The Bertz CT molecular complexity index is 436. The molecule has 0 radical (unpaired) electrons. The van der Waals surface area contributed by atoms with Crippen LogP contribution in [-0.4, -0.2) is 28.8 Å². The van der Waals surface area contributed by atoms with Crippen molar-refractivity contribution in [2.45, 2.75) is 44.9 Å². The number of rotatable bonds is 10. The summed E-state index contributed by atoms with van der Waals surface area (Å²) in [6.07, 6.45) is 2.87. The molecular formula is C16H22O5. The van der Waals surface area contributed by atoms with Crippen LogP contribution < -0.4 is 4.74 Å². The zero-order chi connectivity index (χ0) is 15.7. The van der Waals surface area contributed by atoms with Crippen molar-refractivity contribution >= 4 is 11.9 Å². The Hall–Kier alpha value is -2.04. The standard InChI is InChI=1S/C16H22O5/c1-2-3-4-9-21-14-7-5-12(6-8-14)13(10-15(17)18)11-16(19)20/h5-8,13H,2-4,9-11H2,1H3,(H,17,18)(H,19,20). The number of benzene rings is 1. The zero-order valence-corrected chi connectivity index (χ0v) is 12.2. The smallest absolute Gasteiger partial charge is 0.303 e. The number of carbonyl (C=O) groups is 2. The van der Waals surface area contributed by atoms with Gasteiger partial charge in [-0.15, -0.1) is 0 Å². The maximum absolute atomic E-state index is 10.8. The lowest BCUT2D eigenvalue weighted by Crippen LogP contribution is -2.11. The SMILES string of the molecule is CCCCCOc1ccc(C(CC(=O)O)CC(=O)O)cc1. The first-order valence-electron chi connectivity index (χ1n) is 7.19. The second-order valence-electron chi connectivity index (χ2n) is 5.02. The third-order valence-electron chi connectivity index (χ3n) is 3.21. The quantitative estimate of drug-likeness (QED) is 0.647. The van der Waals surface area contributed by atoms with Gasteiger partial charge in [-0.3, -0.25) is 9.59 Å². The van der Waals surface area contributed by atoms with Gasteiger partial charge < -0.3 is 14.9 Å². The zero-order valence-electron chi connectivity index (χ0n) is 12.2. The Morgan fingerprint density at radius 1 is 1.05 bits per heavy atom. The summed E-state index contributed by atoms with van der Waals surface area (Å²) in [6.45, 7) is 2.78. The summed E-state index contributed by atoms with van der Waals surface area (Å²) in [4.78, 5) is 21.6. The minimum Gasteiger partial charge on any atom is -0.494 e. The monoisotopic (exact) mass is 294 g/mol. The van der Waals surface area contributed by atoms with Gasteiger partial charge in [-0.1, -0.05) is 31.9 Å². The molecule has 0 heterocycles. The number of unbranched alkanes of at least 4 members (excludes halogenated alkanes) is 2. The van der Waals surface area contributed by atoms with Gasteiger partial charge in [-0.05, 0) is 24.1 Å². The number of hydrogen-bond acceptors (Lipinski definition) is 3. The average Bonchev–Trinajstić information content (AvgIpc) is 2.42. The third kappa shape index (κ3) is 6.79. The molecule has 0 bridgehead atoms. The predicted molar refractivity (Wildman–Crippen MR) is 78.7 cm³/mol. The molecule has 0 spiro atoms. The topological polar surface area (TPSA) is 83.8 Å². The van der Waals surface area contributed by atoms with Crippen molar-refractivity contribution in [3.8, 4) is 5.75 Å². The molecule has 0 saturated carbocycles. The Balaban J connectivity index is 2.63. The lowest BCUT2D eigenvalue weighted by Gasteiger charge is -2.14. The second-order valence-corrected chi connectivity index (χ2v) is 5.02. The molecule has 0 aromatic heterocycles. The Morgan fingerprint density at radius 3 is 2.10 bits per heavy atom. The first-order chi connectivity index (χ1) is 10.0. The number of carboxylic acids is 2. The molecule has 0 aliphatic heterocycles. The van der Waals surface area contributed by atoms with Gasteiger partial charge in [0.15, 0.2) is 0 Å². The van der Waals surface area contributed by atoms with Gasteiger partial charge in [0.05, 0.1) is 19.4 Å². The van der Waals surface area contributed by atoms with Gasteiger partial charge in [0.2, 0.25) is 0 Å². The third-order valence-corrected chi connectivity index (χ3v) is 3.21. The summed E-state index contributed by atoms with van der Waals surface area (Å²) in [5.74, 6) is -1.80. The van der Waals surface area contributed by atoms with E-state index < -0.39 is 17.9 Å². The lowest BCUT2D eigenvalue weighted by atomic mass is 9.92. The second kappa shape index (κ2) is 9.00. The fourth-order valence-electron chi connectivity index (χ4n) is 2.11. The van der Waals surface area contributed by atoms with E-state index in [2.05, 4.69) is 6.92 Å². The molecule has 1 aromatic rings. The Labute approximate surface area is 124 Å². The van der Waals surface area contributed by atoms with E-state index in [1.165, 1.54) is 0 Å². The number of aliphatic carboxylic acids is 2. The van der Waals surface area contributed by atoms with Crippen LogP contribution >= 0.6 is 0 Å². The van der Waals surface area contributed by atoms with Gasteiger partial charge >= 0.3 is 11.9 Å². The number of carboxylic acid groups (broad SMARTS) is 2. The maximum Gasteiger partial charge on any atom is 0.303 e. The molecule has 0 amide bonds. The van der Waals surface area contributed by atoms with Crippen molar-refractivity contribution in [1.29, 1.82) is 0 Å². The molecule has 0 aliphatic rings. The van der Waals surface area contributed by atoms with Crippen molar-refractivity contribution < 1.29 is 24.5 Å². The van der Waals surface area contributed by atoms with Crippen LogP contribution in [0, 0.1) is 0 Å². The van der Waals surface area contributed by atoms with E-state index in [4.69, 9.17) is 14.9 Å². The van der Waals surface area contributed by atoms with Crippen molar-refractivity contribution in [3.05, 3.63) is 29.8 Å². The molecule has 0 atom stereocenters. The van der Waals surface area contributed by atoms with Crippen LogP contribution in [-0.2, 0) is 9.59 Å². The summed E-state index contributed by atoms with van der Waals surface area (Å²) in [6, 6.07) is 7.01. The predicted octanol–water partition coefficient (Wildman–Crippen LogP) is 3.29. The fraction of sp³-hybridized carbons (Fsp3) is 0.500. The van der Waals surface area contributed by atoms with E-state index in [-0.39, 0.29) is 12.8 Å². The largest absolute Gasteiger partial charge is 0.494 e. The highest BCUT2D eigenvalue weighted by molar-refractivity contribution is 5.72. The molecule has 2 N–H and O–H groups in total. The van der Waals surface area contributed by atoms with E-state index in [1.807, 2.05) is 0 Å². The summed E-state index contributed by atoms with van der Waals surface area (Å²) >= 11 is 0. The summed E-state index contributed by atoms with van der Waals surface area (Å²) in [7, 11) is 0. The highest BCUT2D eigenvalue weighted by atomic mass is 16.5. The molecular weight excluding hydrogens is 272 g/mol. The van der Waals surface area contributed by atoms with Gasteiger partial charge in [0.1, 0.15) is 5.75 Å². The summed E-state index contributed by atoms with van der Waals surface area (Å²) < 4.78 is 5.57. The van der Waals surface area contributed by atoms with Gasteiger partial charge in [0, 0.05) is 5.92 Å². The number of hydrogen-bond donors (Lipinski definition) is 2. The molecule has 0 saturated heterocycles. The average molecular weight is 294 g/mol. The Morgan fingerprint density at radius 2 is 1.62 bits per heavy atom. The first-order valence-corrected chi connectivity index (χ1v) is 7.19. The van der Waals surface area contributed by atoms with Crippen LogP contribution in [0.15, 0.2) is 24.3 Å². The highest BCUT2D eigenvalue weighted by Gasteiger charge is 2.19. The molecule has 5 nitrogen and oxygen atoms in total. The van der Waals surface area contributed by atoms with Crippen molar-refractivity contribution in [2.75, 3.05) is 6.61 Å². The van der Waals surface area contributed by atoms with Crippen LogP contribution in [0.3, 0.4) is 0 Å². The van der Waals surface area contributed by atoms with Crippen LogP contribution in [0.2, 0.25) is 0 Å². The molecule has 116 valence electrons. The fourth-order valence-corrected chi connectivity index (χ4v) is 2.11.